The highest BCUT2D eigenvalue weighted by Crippen LogP contribution is 2.33. The smallest absolute Gasteiger partial charge is 0.350 e. The van der Waals surface area contributed by atoms with Crippen LogP contribution in [0.15, 0.2) is 33.3 Å². The fourth-order valence-electron chi connectivity index (χ4n) is 4.13. The van der Waals surface area contributed by atoms with Crippen molar-refractivity contribution < 1.29 is 32.2 Å². The zero-order valence-corrected chi connectivity index (χ0v) is 28.1. The summed E-state index contributed by atoms with van der Waals surface area (Å²) in [5.74, 6) is 2.75. The molecule has 16 nitrogen and oxygen atoms in total. The molecule has 1 aromatic carbocycles. The summed E-state index contributed by atoms with van der Waals surface area (Å²) in [6.07, 6.45) is 7.97. The second-order valence-corrected chi connectivity index (χ2v) is 12.7. The highest BCUT2D eigenvalue weighted by Gasteiger charge is 2.27. The molecule has 1 aliphatic rings. The molecule has 2 amide bonds. The number of urea groups is 1. The van der Waals surface area contributed by atoms with Gasteiger partial charge in [0.1, 0.15) is 33.8 Å². The number of benzene rings is 1. The molecular weight excluding hydrogens is 699 g/mol. The fourth-order valence-corrected chi connectivity index (χ4v) is 6.89. The van der Waals surface area contributed by atoms with Gasteiger partial charge in [-0.2, -0.15) is 19.6 Å². The number of sulfonamides is 1. The number of hydrogen-bond donors (Lipinski definition) is 2. The maximum absolute atomic E-state index is 12.5. The van der Waals surface area contributed by atoms with Crippen molar-refractivity contribution in [3.05, 3.63) is 60.6 Å². The van der Waals surface area contributed by atoms with E-state index < -0.39 is 22.0 Å². The standard InChI is InChI=1S/C15H13Cl2N3O2.C12H13N5O6S2/c1-2-7-22-13-9-12(10(16)8-11(13)17)20-15(21)19-6-4-3-5-14(19)18-20;1-6-13-10(16-12(14-6)23-3)15-11(19)17-25(20,21)7-4-5-24-8(7)9(18)22-2/h1,8-9H,3-7H2;4-5H,1-3H3,(H2,13,14,15,16,17,19). The number of rotatable bonds is 8. The molecule has 0 saturated carbocycles. The predicted molar refractivity (Wildman–Crippen MR) is 171 cm³/mol. The summed E-state index contributed by atoms with van der Waals surface area (Å²) in [5, 5.41) is 8.58. The van der Waals surface area contributed by atoms with Crippen molar-refractivity contribution in [2.24, 2.45) is 0 Å². The van der Waals surface area contributed by atoms with E-state index in [1.165, 1.54) is 36.2 Å². The van der Waals surface area contributed by atoms with Gasteiger partial charge in [0.2, 0.25) is 5.95 Å². The third kappa shape index (κ3) is 8.37. The molecule has 248 valence electrons. The maximum Gasteiger partial charge on any atom is 0.350 e. The van der Waals surface area contributed by atoms with Crippen molar-refractivity contribution in [2.45, 2.75) is 37.6 Å². The second-order valence-electron chi connectivity index (χ2n) is 9.30. The Bertz CT molecular complexity index is 2020. The van der Waals surface area contributed by atoms with Gasteiger partial charge in [0.25, 0.3) is 10.0 Å². The maximum atomic E-state index is 12.5. The first-order valence-corrected chi connectivity index (χ1v) is 16.5. The molecule has 47 heavy (non-hydrogen) atoms. The summed E-state index contributed by atoms with van der Waals surface area (Å²) < 4.78 is 44.0. The molecule has 20 heteroatoms. The molecule has 0 fully saturated rings. The van der Waals surface area contributed by atoms with E-state index >= 15 is 0 Å². The molecule has 0 atom stereocenters. The predicted octanol–water partition coefficient (Wildman–Crippen LogP) is 3.24. The van der Waals surface area contributed by atoms with Crippen molar-refractivity contribution in [1.29, 1.82) is 0 Å². The van der Waals surface area contributed by atoms with Gasteiger partial charge < -0.3 is 14.2 Å². The van der Waals surface area contributed by atoms with Crippen LogP contribution in [0.1, 0.15) is 34.2 Å². The van der Waals surface area contributed by atoms with Crippen LogP contribution in [0, 0.1) is 19.3 Å². The molecule has 3 aromatic heterocycles. The highest BCUT2D eigenvalue weighted by molar-refractivity contribution is 7.90. The van der Waals surface area contributed by atoms with E-state index in [9.17, 15) is 22.8 Å². The Morgan fingerprint density at radius 3 is 2.60 bits per heavy atom. The number of halogens is 2. The Kier molecular flexibility index (Phi) is 11.4. The molecule has 1 aliphatic heterocycles. The lowest BCUT2D eigenvalue weighted by molar-refractivity contribution is 0.0602. The Labute approximate surface area is 282 Å². The van der Waals surface area contributed by atoms with Crippen LogP contribution in [-0.2, 0) is 27.7 Å². The minimum absolute atomic E-state index is 0.0449. The first-order chi connectivity index (χ1) is 22.4. The number of carbonyl (C=O) groups is 2. The summed E-state index contributed by atoms with van der Waals surface area (Å²) in [7, 11) is -1.86. The van der Waals surface area contributed by atoms with Gasteiger partial charge in [-0.15, -0.1) is 22.9 Å². The summed E-state index contributed by atoms with van der Waals surface area (Å²) in [4.78, 5) is 46.9. The van der Waals surface area contributed by atoms with Crippen LogP contribution in [0.5, 0.6) is 11.8 Å². The molecule has 0 saturated heterocycles. The van der Waals surface area contributed by atoms with Gasteiger partial charge in [0.05, 0.1) is 30.0 Å². The highest BCUT2D eigenvalue weighted by atomic mass is 35.5. The molecule has 4 aromatic rings. The second kappa shape index (κ2) is 15.3. The Hall–Kier alpha value is -4.70. The van der Waals surface area contributed by atoms with E-state index in [0.29, 0.717) is 28.0 Å². The number of carbonyl (C=O) groups excluding carboxylic acids is 2. The number of esters is 1. The Balaban J connectivity index is 0.000000214. The molecular formula is C27H26Cl2N8O8S2. The molecule has 0 unspecified atom stereocenters. The number of aromatic nitrogens is 6. The molecule has 0 aliphatic carbocycles. The number of fused-ring (bicyclic) bond motifs is 1. The lowest BCUT2D eigenvalue weighted by atomic mass is 10.2. The third-order valence-corrected chi connectivity index (χ3v) is 9.16. The topological polar surface area (TPSA) is 199 Å². The number of methoxy groups -OCH3 is 2. The fraction of sp³-hybridized carbons (Fsp3) is 0.296. The minimum Gasteiger partial charge on any atom is -0.479 e. The number of terminal acetylenes is 1. The summed E-state index contributed by atoms with van der Waals surface area (Å²) in [6.45, 7) is 2.30. The van der Waals surface area contributed by atoms with Crippen LogP contribution >= 0.6 is 34.5 Å². The number of hydrogen-bond acceptors (Lipinski definition) is 13. The zero-order chi connectivity index (χ0) is 34.3. The number of anilines is 1. The van der Waals surface area contributed by atoms with Crippen molar-refractivity contribution >= 4 is 62.5 Å². The van der Waals surface area contributed by atoms with E-state index in [1.54, 1.807) is 15.4 Å². The Morgan fingerprint density at radius 1 is 1.15 bits per heavy atom. The van der Waals surface area contributed by atoms with Gasteiger partial charge in [-0.3, -0.25) is 9.88 Å². The first-order valence-electron chi connectivity index (χ1n) is 13.4. The van der Waals surface area contributed by atoms with Gasteiger partial charge >= 0.3 is 23.7 Å². The number of amides is 2. The number of thiophene rings is 1. The van der Waals surface area contributed by atoms with Gasteiger partial charge in [-0.1, -0.05) is 29.1 Å². The number of ether oxygens (including phenoxy) is 3. The van der Waals surface area contributed by atoms with Crippen LogP contribution in [0.4, 0.5) is 10.7 Å². The van der Waals surface area contributed by atoms with Crippen LogP contribution in [0.3, 0.4) is 0 Å². The van der Waals surface area contributed by atoms with Crippen LogP contribution in [0.25, 0.3) is 5.69 Å². The zero-order valence-electron chi connectivity index (χ0n) is 24.9. The van der Waals surface area contributed by atoms with Crippen LogP contribution in [-0.4, -0.2) is 70.5 Å². The quantitative estimate of drug-likeness (QED) is 0.199. The van der Waals surface area contributed by atoms with E-state index in [1.807, 2.05) is 0 Å². The number of nitrogens with one attached hydrogen (secondary N) is 2. The number of nitrogens with zero attached hydrogens (tertiary/aromatic N) is 6. The normalized spacial score (nSPS) is 12.1. The van der Waals surface area contributed by atoms with Crippen molar-refractivity contribution in [3.8, 4) is 29.8 Å². The van der Waals surface area contributed by atoms with Gasteiger partial charge in [0, 0.05) is 19.0 Å². The largest absolute Gasteiger partial charge is 0.479 e. The van der Waals surface area contributed by atoms with Crippen molar-refractivity contribution in [1.82, 2.24) is 34.0 Å². The van der Waals surface area contributed by atoms with E-state index in [-0.39, 0.29) is 39.9 Å². The lowest BCUT2D eigenvalue weighted by Gasteiger charge is -2.09. The van der Waals surface area contributed by atoms with Gasteiger partial charge in [-0.05, 0) is 37.3 Å². The van der Waals surface area contributed by atoms with Gasteiger partial charge in [-0.25, -0.2) is 27.5 Å². The monoisotopic (exact) mass is 724 g/mol. The van der Waals surface area contributed by atoms with Crippen molar-refractivity contribution in [2.75, 3.05) is 26.1 Å². The minimum atomic E-state index is -4.30. The Morgan fingerprint density at radius 2 is 1.91 bits per heavy atom. The molecule has 4 heterocycles. The summed E-state index contributed by atoms with van der Waals surface area (Å²) >= 11 is 13.2. The molecule has 0 bridgehead atoms. The van der Waals surface area contributed by atoms with E-state index in [0.717, 1.165) is 43.5 Å². The van der Waals surface area contributed by atoms with Crippen LogP contribution in [0.2, 0.25) is 10.0 Å². The van der Waals surface area contributed by atoms with Crippen molar-refractivity contribution in [3.63, 3.8) is 0 Å². The molecule has 5 rings (SSSR count). The van der Waals surface area contributed by atoms with E-state index in [2.05, 4.69) is 36.0 Å². The average Bonchev–Trinajstić information content (AvgIpc) is 3.66. The number of aryl methyl sites for hydroxylation is 2. The third-order valence-electron chi connectivity index (χ3n) is 6.16. The average molecular weight is 726 g/mol. The molecule has 0 radical (unpaired) electrons. The molecule has 2 N–H and O–H groups in total. The van der Waals surface area contributed by atoms with E-state index in [4.69, 9.17) is 39.1 Å². The lowest BCUT2D eigenvalue weighted by Crippen LogP contribution is -2.35. The summed E-state index contributed by atoms with van der Waals surface area (Å²) in [6, 6.07) is 3.13. The SMILES string of the molecule is C#CCOc1cc(-n2nc3n(c2=O)CCCC3)c(Cl)cc1Cl.COC(=O)c1sccc1S(=O)(=O)NC(=O)Nc1nc(C)nc(OC)n1. The summed E-state index contributed by atoms with van der Waals surface area (Å²) in [5.41, 5.74) is 0.229. The first kappa shape index (κ1) is 35.2. The van der Waals surface area contributed by atoms with Gasteiger partial charge in [0.15, 0.2) is 0 Å². The molecule has 0 spiro atoms. The van der Waals surface area contributed by atoms with Crippen LogP contribution < -0.4 is 25.2 Å².